The number of amides is 3. The Hall–Kier alpha value is -3.69. The molecule has 0 aliphatic heterocycles. The third-order valence-corrected chi connectivity index (χ3v) is 6.07. The quantitative estimate of drug-likeness (QED) is 0.288. The maximum Gasteiger partial charge on any atom is 0.255 e. The van der Waals surface area contributed by atoms with Gasteiger partial charge in [0.1, 0.15) is 11.8 Å². The van der Waals surface area contributed by atoms with E-state index in [4.69, 9.17) is 16.2 Å². The van der Waals surface area contributed by atoms with E-state index in [0.29, 0.717) is 31.7 Å². The van der Waals surface area contributed by atoms with Gasteiger partial charge >= 0.3 is 0 Å². The fourth-order valence-corrected chi connectivity index (χ4v) is 4.01. The van der Waals surface area contributed by atoms with E-state index in [9.17, 15) is 14.4 Å². The molecule has 0 saturated carbocycles. The van der Waals surface area contributed by atoms with E-state index in [1.807, 2.05) is 41.8 Å². The van der Waals surface area contributed by atoms with Crippen LogP contribution in [0.2, 0.25) is 0 Å². The molecule has 0 saturated heterocycles. The van der Waals surface area contributed by atoms with E-state index in [-0.39, 0.29) is 18.4 Å². The van der Waals surface area contributed by atoms with Gasteiger partial charge in [0.05, 0.1) is 6.42 Å². The zero-order valence-corrected chi connectivity index (χ0v) is 20.1. The van der Waals surface area contributed by atoms with E-state index < -0.39 is 11.9 Å². The van der Waals surface area contributed by atoms with Crippen molar-refractivity contribution in [3.05, 3.63) is 94.0 Å². The van der Waals surface area contributed by atoms with Crippen molar-refractivity contribution in [1.82, 2.24) is 10.6 Å². The fourth-order valence-electron chi connectivity index (χ4n) is 3.26. The number of ether oxygens (including phenoxy) is 1. The molecule has 0 unspecified atom stereocenters. The number of nitrogens with one attached hydrogen (secondary N) is 2. The van der Waals surface area contributed by atoms with Crippen LogP contribution in [0.3, 0.4) is 0 Å². The number of hydrogen-bond donors (Lipinski definition) is 4. The van der Waals surface area contributed by atoms with Crippen LogP contribution in [0.25, 0.3) is 0 Å². The molecule has 1 radical (unpaired) electrons. The normalized spacial score (nSPS) is 11.5. The molecule has 3 aromatic rings. The van der Waals surface area contributed by atoms with Crippen LogP contribution in [0.5, 0.6) is 5.75 Å². The fraction of sp³-hybridized carbons (Fsp3) is 0.231. The molecule has 9 heteroatoms. The Bertz CT molecular complexity index is 1100. The van der Waals surface area contributed by atoms with E-state index in [1.165, 1.54) is 17.8 Å². The van der Waals surface area contributed by atoms with Gasteiger partial charge in [0.15, 0.2) is 6.61 Å². The maximum absolute atomic E-state index is 12.9. The minimum Gasteiger partial charge on any atom is -0.484 e. The Labute approximate surface area is 208 Å². The first-order chi connectivity index (χ1) is 16.9. The van der Waals surface area contributed by atoms with Crippen molar-refractivity contribution in [3.63, 3.8) is 0 Å². The largest absolute Gasteiger partial charge is 0.484 e. The van der Waals surface area contributed by atoms with Gasteiger partial charge in [0.2, 0.25) is 11.8 Å². The summed E-state index contributed by atoms with van der Waals surface area (Å²) in [5, 5.41) is 7.68. The third-order valence-electron chi connectivity index (χ3n) is 5.17. The standard InChI is InChI=1S/C26H29N4O4S/c27-15-19-3-5-20(6-4-19)16-29-26(33)23(14-22-2-1-13-35-22)30-25(32)12-9-18-7-10-21(11-8-18)34-17-24(28)31/h1-8,10-13,23H,9,14-17,27H2,(H2,28,31)(H,29,33)(H,30,32)/t23-/m0/s1. The second-order valence-corrected chi connectivity index (χ2v) is 8.92. The highest BCUT2D eigenvalue weighted by molar-refractivity contribution is 7.09. The van der Waals surface area contributed by atoms with Crippen LogP contribution in [-0.2, 0) is 40.3 Å². The van der Waals surface area contributed by atoms with Crippen LogP contribution in [0, 0.1) is 6.42 Å². The van der Waals surface area contributed by atoms with Crippen molar-refractivity contribution in [1.29, 1.82) is 0 Å². The average Bonchev–Trinajstić information content (AvgIpc) is 3.38. The average molecular weight is 494 g/mol. The van der Waals surface area contributed by atoms with Gasteiger partial charge in [-0.2, -0.15) is 0 Å². The van der Waals surface area contributed by atoms with Gasteiger partial charge in [-0.25, -0.2) is 0 Å². The number of rotatable bonds is 13. The topological polar surface area (TPSA) is 137 Å². The zero-order valence-electron chi connectivity index (χ0n) is 19.2. The van der Waals surface area contributed by atoms with Crippen LogP contribution in [0.15, 0.2) is 66.0 Å². The van der Waals surface area contributed by atoms with E-state index in [0.717, 1.165) is 21.6 Å². The minimum atomic E-state index is -0.703. The lowest BCUT2D eigenvalue weighted by molar-refractivity contribution is -0.127. The summed E-state index contributed by atoms with van der Waals surface area (Å²) in [6.45, 7) is 0.625. The first kappa shape index (κ1) is 25.9. The van der Waals surface area contributed by atoms with Crippen LogP contribution in [0.1, 0.15) is 21.6 Å². The summed E-state index contributed by atoms with van der Waals surface area (Å²) in [6.07, 6.45) is 2.28. The second kappa shape index (κ2) is 13.3. The van der Waals surface area contributed by atoms with Crippen LogP contribution >= 0.6 is 11.3 Å². The molecule has 3 amide bonds. The summed E-state index contributed by atoms with van der Waals surface area (Å²) in [5.41, 5.74) is 13.5. The first-order valence-electron chi connectivity index (χ1n) is 11.1. The predicted octanol–water partition coefficient (Wildman–Crippen LogP) is 1.86. The van der Waals surface area contributed by atoms with Crippen LogP contribution < -0.4 is 26.8 Å². The summed E-state index contributed by atoms with van der Waals surface area (Å²) >= 11 is 1.54. The van der Waals surface area contributed by atoms with Crippen molar-refractivity contribution in [3.8, 4) is 5.75 Å². The van der Waals surface area contributed by atoms with E-state index in [1.54, 1.807) is 24.3 Å². The summed E-state index contributed by atoms with van der Waals surface area (Å²) in [4.78, 5) is 37.3. The predicted molar refractivity (Wildman–Crippen MR) is 135 cm³/mol. The molecule has 0 fully saturated rings. The molecular weight excluding hydrogens is 464 g/mol. The number of carbonyl (C=O) groups excluding carboxylic acids is 3. The highest BCUT2D eigenvalue weighted by atomic mass is 32.1. The number of thiophene rings is 1. The van der Waals surface area contributed by atoms with Crippen LogP contribution in [0.4, 0.5) is 0 Å². The monoisotopic (exact) mass is 493 g/mol. The van der Waals surface area contributed by atoms with Crippen LogP contribution in [-0.4, -0.2) is 30.4 Å². The van der Waals surface area contributed by atoms with Gasteiger partial charge in [0.25, 0.3) is 5.91 Å². The molecule has 1 aromatic heterocycles. The molecule has 0 aliphatic rings. The SMILES string of the molecule is NCc1ccc(CNC(=O)[C@H](Cc2cccs2)NC(=O)[CH]Cc2ccc(OCC(N)=O)cc2)cc1. The van der Waals surface area contributed by atoms with Crippen molar-refractivity contribution in [2.24, 2.45) is 11.5 Å². The number of primary amides is 1. The van der Waals surface area contributed by atoms with Gasteiger partial charge in [-0.15, -0.1) is 11.3 Å². The van der Waals surface area contributed by atoms with Gasteiger partial charge < -0.3 is 26.8 Å². The molecule has 1 heterocycles. The molecule has 8 nitrogen and oxygen atoms in total. The van der Waals surface area contributed by atoms with Gasteiger partial charge in [-0.3, -0.25) is 14.4 Å². The zero-order chi connectivity index (χ0) is 25.0. The Morgan fingerprint density at radius 3 is 2.29 bits per heavy atom. The Kier molecular flexibility index (Phi) is 9.82. The van der Waals surface area contributed by atoms with Gasteiger partial charge in [0, 0.05) is 24.4 Å². The van der Waals surface area contributed by atoms with Crippen molar-refractivity contribution in [2.75, 3.05) is 6.61 Å². The maximum atomic E-state index is 12.9. The lowest BCUT2D eigenvalue weighted by atomic mass is 10.1. The smallest absolute Gasteiger partial charge is 0.255 e. The summed E-state index contributed by atoms with van der Waals surface area (Å²) < 4.78 is 5.23. The first-order valence-corrected chi connectivity index (χ1v) is 12.0. The molecule has 0 spiro atoms. The summed E-state index contributed by atoms with van der Waals surface area (Å²) in [7, 11) is 0. The van der Waals surface area contributed by atoms with Crippen molar-refractivity contribution in [2.45, 2.75) is 32.0 Å². The minimum absolute atomic E-state index is 0.194. The molecular formula is C26H29N4O4S. The lowest BCUT2D eigenvalue weighted by Crippen LogP contribution is -2.47. The highest BCUT2D eigenvalue weighted by Gasteiger charge is 2.21. The molecule has 0 bridgehead atoms. The molecule has 2 aromatic carbocycles. The molecule has 0 aliphatic carbocycles. The molecule has 6 N–H and O–H groups in total. The molecule has 183 valence electrons. The van der Waals surface area contributed by atoms with Crippen molar-refractivity contribution < 1.29 is 19.1 Å². The molecule has 3 rings (SSSR count). The Balaban J connectivity index is 1.53. The van der Waals surface area contributed by atoms with E-state index >= 15 is 0 Å². The second-order valence-electron chi connectivity index (χ2n) is 7.89. The lowest BCUT2D eigenvalue weighted by Gasteiger charge is -2.18. The Morgan fingerprint density at radius 2 is 1.66 bits per heavy atom. The van der Waals surface area contributed by atoms with E-state index in [2.05, 4.69) is 10.6 Å². The molecule has 1 atom stereocenters. The Morgan fingerprint density at radius 1 is 0.971 bits per heavy atom. The van der Waals surface area contributed by atoms with Crippen molar-refractivity contribution >= 4 is 29.1 Å². The molecule has 35 heavy (non-hydrogen) atoms. The highest BCUT2D eigenvalue weighted by Crippen LogP contribution is 2.14. The third kappa shape index (κ3) is 8.88. The number of benzene rings is 2. The number of carbonyl (C=O) groups is 3. The van der Waals surface area contributed by atoms with Gasteiger partial charge in [-0.05, 0) is 46.7 Å². The summed E-state index contributed by atoms with van der Waals surface area (Å²) in [6, 6.07) is 17.9. The number of hydrogen-bond acceptors (Lipinski definition) is 6. The summed E-state index contributed by atoms with van der Waals surface area (Å²) in [5.74, 6) is -0.617. The van der Waals surface area contributed by atoms with Gasteiger partial charge in [-0.1, -0.05) is 42.5 Å². The number of nitrogens with two attached hydrogens (primary N) is 2.